The Morgan fingerprint density at radius 2 is 1.74 bits per heavy atom. The first kappa shape index (κ1) is 15.1. The Morgan fingerprint density at radius 1 is 1.13 bits per heavy atom. The third kappa shape index (κ3) is 2.92. The number of ether oxygens (including phenoxy) is 2. The molecular formula is C17H18N2O4. The van der Waals surface area contributed by atoms with Gasteiger partial charge >= 0.3 is 0 Å². The van der Waals surface area contributed by atoms with E-state index in [1.807, 2.05) is 12.1 Å². The highest BCUT2D eigenvalue weighted by Crippen LogP contribution is 2.33. The Morgan fingerprint density at radius 3 is 2.35 bits per heavy atom. The van der Waals surface area contributed by atoms with E-state index in [0.717, 1.165) is 17.5 Å². The van der Waals surface area contributed by atoms with E-state index >= 15 is 0 Å². The summed E-state index contributed by atoms with van der Waals surface area (Å²) in [5.74, 6) is 1.28. The number of hydrogen-bond donors (Lipinski definition) is 0. The zero-order chi connectivity index (χ0) is 16.4. The summed E-state index contributed by atoms with van der Waals surface area (Å²) in [4.78, 5) is 14.3. The van der Waals surface area contributed by atoms with Crippen molar-refractivity contribution in [2.75, 3.05) is 20.8 Å². The highest BCUT2D eigenvalue weighted by Gasteiger charge is 2.24. The largest absolute Gasteiger partial charge is 0.619 e. The van der Waals surface area contributed by atoms with Crippen LogP contribution in [0.1, 0.15) is 21.5 Å². The predicted molar refractivity (Wildman–Crippen MR) is 83.4 cm³/mol. The number of hydrogen-bond acceptors (Lipinski definition) is 4. The molecule has 120 valence electrons. The van der Waals surface area contributed by atoms with E-state index in [-0.39, 0.29) is 5.91 Å². The summed E-state index contributed by atoms with van der Waals surface area (Å²) in [7, 11) is 3.21. The lowest BCUT2D eigenvalue weighted by Gasteiger charge is -2.29. The van der Waals surface area contributed by atoms with Gasteiger partial charge < -0.3 is 19.6 Å². The van der Waals surface area contributed by atoms with Gasteiger partial charge in [0.2, 0.25) is 0 Å². The van der Waals surface area contributed by atoms with Crippen LogP contribution in [0, 0.1) is 5.21 Å². The van der Waals surface area contributed by atoms with Gasteiger partial charge in [0, 0.05) is 25.2 Å². The van der Waals surface area contributed by atoms with Crippen LogP contribution in [-0.2, 0) is 13.0 Å². The summed E-state index contributed by atoms with van der Waals surface area (Å²) in [6.45, 7) is 1.15. The molecule has 2 heterocycles. The van der Waals surface area contributed by atoms with Crippen molar-refractivity contribution in [3.8, 4) is 11.5 Å². The van der Waals surface area contributed by atoms with Crippen LogP contribution < -0.4 is 14.2 Å². The topological polar surface area (TPSA) is 65.7 Å². The zero-order valence-corrected chi connectivity index (χ0v) is 13.1. The second-order valence-corrected chi connectivity index (χ2v) is 5.40. The van der Waals surface area contributed by atoms with E-state index in [9.17, 15) is 10.0 Å². The predicted octanol–water partition coefficient (Wildman–Crippen LogP) is 1.54. The van der Waals surface area contributed by atoms with Gasteiger partial charge in [-0.05, 0) is 29.7 Å². The van der Waals surface area contributed by atoms with Crippen molar-refractivity contribution in [3.63, 3.8) is 0 Å². The molecule has 1 aliphatic heterocycles. The fourth-order valence-corrected chi connectivity index (χ4v) is 2.79. The molecule has 23 heavy (non-hydrogen) atoms. The minimum atomic E-state index is -0.0777. The number of pyridine rings is 1. The average molecular weight is 314 g/mol. The van der Waals surface area contributed by atoms with E-state index in [1.54, 1.807) is 31.3 Å². The number of carbonyl (C=O) groups is 1. The lowest BCUT2D eigenvalue weighted by molar-refractivity contribution is -0.605. The molecule has 2 aromatic rings. The Kier molecular flexibility index (Phi) is 4.06. The van der Waals surface area contributed by atoms with Gasteiger partial charge in [-0.25, -0.2) is 0 Å². The van der Waals surface area contributed by atoms with Gasteiger partial charge in [0.15, 0.2) is 23.9 Å². The second kappa shape index (κ2) is 6.16. The first-order valence-corrected chi connectivity index (χ1v) is 7.34. The molecule has 0 unspecified atom stereocenters. The molecule has 0 N–H and O–H groups in total. The molecule has 1 aromatic heterocycles. The molecule has 3 rings (SSSR count). The van der Waals surface area contributed by atoms with Crippen LogP contribution in [0.4, 0.5) is 0 Å². The molecule has 1 aliphatic rings. The number of methoxy groups -OCH3 is 2. The Balaban J connectivity index is 1.84. The lowest BCUT2D eigenvalue weighted by atomic mass is 9.98. The van der Waals surface area contributed by atoms with Crippen molar-refractivity contribution in [3.05, 3.63) is 58.6 Å². The van der Waals surface area contributed by atoms with Crippen LogP contribution in [0.3, 0.4) is 0 Å². The molecule has 6 heteroatoms. The molecule has 0 saturated carbocycles. The van der Waals surface area contributed by atoms with E-state index in [2.05, 4.69) is 0 Å². The number of aromatic nitrogens is 1. The molecule has 0 radical (unpaired) electrons. The summed E-state index contributed by atoms with van der Waals surface area (Å²) < 4.78 is 11.3. The van der Waals surface area contributed by atoms with E-state index in [1.165, 1.54) is 12.4 Å². The van der Waals surface area contributed by atoms with Gasteiger partial charge in [-0.3, -0.25) is 4.79 Å². The molecule has 1 aromatic carbocycles. The smallest absolute Gasteiger partial charge is 0.254 e. The van der Waals surface area contributed by atoms with Crippen LogP contribution in [0.5, 0.6) is 11.5 Å². The van der Waals surface area contributed by atoms with Gasteiger partial charge in [-0.1, -0.05) is 0 Å². The average Bonchev–Trinajstić information content (AvgIpc) is 2.60. The van der Waals surface area contributed by atoms with Crippen LogP contribution in [0.2, 0.25) is 0 Å². The summed E-state index contributed by atoms with van der Waals surface area (Å²) in [5, 5.41) is 11.1. The van der Waals surface area contributed by atoms with Gasteiger partial charge in [0.1, 0.15) is 0 Å². The van der Waals surface area contributed by atoms with Gasteiger partial charge in [-0.15, -0.1) is 0 Å². The highest BCUT2D eigenvalue weighted by molar-refractivity contribution is 5.94. The van der Waals surface area contributed by atoms with Crippen molar-refractivity contribution in [2.24, 2.45) is 0 Å². The van der Waals surface area contributed by atoms with E-state index in [0.29, 0.717) is 34.9 Å². The van der Waals surface area contributed by atoms with Crippen LogP contribution >= 0.6 is 0 Å². The normalized spacial score (nSPS) is 13.4. The van der Waals surface area contributed by atoms with Crippen molar-refractivity contribution in [2.45, 2.75) is 13.0 Å². The molecule has 0 bridgehead atoms. The minimum absolute atomic E-state index is 0.0777. The molecule has 0 saturated heterocycles. The first-order chi connectivity index (χ1) is 11.1. The van der Waals surface area contributed by atoms with Crippen molar-refractivity contribution < 1.29 is 19.0 Å². The van der Waals surface area contributed by atoms with Crippen molar-refractivity contribution >= 4 is 5.91 Å². The molecule has 0 aliphatic carbocycles. The van der Waals surface area contributed by atoms with Gasteiger partial charge in [0.25, 0.3) is 5.91 Å². The zero-order valence-electron chi connectivity index (χ0n) is 13.1. The Bertz CT molecular complexity index is 728. The fourth-order valence-electron chi connectivity index (χ4n) is 2.79. The molecule has 0 atom stereocenters. The molecule has 6 nitrogen and oxygen atoms in total. The molecule has 0 fully saturated rings. The van der Waals surface area contributed by atoms with Gasteiger partial charge in [-0.2, -0.15) is 4.73 Å². The summed E-state index contributed by atoms with van der Waals surface area (Å²) in [5.41, 5.74) is 2.73. The SMILES string of the molecule is COc1cc2c(cc1OC)CN(C(=O)c1cc[n+]([O-])cc1)CC2. The number of benzene rings is 1. The van der Waals surface area contributed by atoms with E-state index in [4.69, 9.17) is 9.47 Å². The third-order valence-electron chi connectivity index (χ3n) is 4.05. The number of fused-ring (bicyclic) bond motifs is 1. The van der Waals surface area contributed by atoms with Crippen LogP contribution in [-0.4, -0.2) is 31.6 Å². The van der Waals surface area contributed by atoms with Crippen LogP contribution in [0.15, 0.2) is 36.7 Å². The maximum absolute atomic E-state index is 12.6. The summed E-state index contributed by atoms with van der Waals surface area (Å²) >= 11 is 0. The van der Waals surface area contributed by atoms with E-state index < -0.39 is 0 Å². The Labute approximate surface area is 134 Å². The first-order valence-electron chi connectivity index (χ1n) is 7.34. The minimum Gasteiger partial charge on any atom is -0.619 e. The quantitative estimate of drug-likeness (QED) is 0.637. The number of rotatable bonds is 3. The maximum Gasteiger partial charge on any atom is 0.254 e. The van der Waals surface area contributed by atoms with Crippen LogP contribution in [0.25, 0.3) is 0 Å². The van der Waals surface area contributed by atoms with Crippen molar-refractivity contribution in [1.29, 1.82) is 0 Å². The van der Waals surface area contributed by atoms with Gasteiger partial charge in [0.05, 0.1) is 19.8 Å². The fraction of sp³-hybridized carbons (Fsp3) is 0.294. The molecule has 0 spiro atoms. The lowest BCUT2D eigenvalue weighted by Crippen LogP contribution is -2.36. The standard InChI is InChI=1S/C17H18N2O4/c1-22-15-9-13-3-6-18(11-14(13)10-16(15)23-2)17(20)12-4-7-19(21)8-5-12/h4-5,7-10H,3,6,11H2,1-2H3. The highest BCUT2D eigenvalue weighted by atomic mass is 16.5. The second-order valence-electron chi connectivity index (χ2n) is 5.40. The Hall–Kier alpha value is -2.76. The van der Waals surface area contributed by atoms with Crippen molar-refractivity contribution in [1.82, 2.24) is 4.90 Å². The summed E-state index contributed by atoms with van der Waals surface area (Å²) in [6, 6.07) is 6.97. The molecule has 1 amide bonds. The maximum atomic E-state index is 12.6. The monoisotopic (exact) mass is 314 g/mol. The number of carbonyl (C=O) groups excluding carboxylic acids is 1. The number of nitrogens with zero attached hydrogens (tertiary/aromatic N) is 2. The molecular weight excluding hydrogens is 296 g/mol. The summed E-state index contributed by atoms with van der Waals surface area (Å²) in [6.07, 6.45) is 3.42. The number of amides is 1. The third-order valence-corrected chi connectivity index (χ3v) is 4.05.